The summed E-state index contributed by atoms with van der Waals surface area (Å²) >= 11 is 5.86. The molecule has 1 fully saturated rings. The Hall–Kier alpha value is -0.530. The minimum Gasteiger partial charge on any atom is -0.314 e. The number of nitrogens with one attached hydrogen (secondary N) is 1. The first-order valence-electron chi connectivity index (χ1n) is 6.63. The van der Waals surface area contributed by atoms with Gasteiger partial charge in [0.25, 0.3) is 0 Å². The molecule has 1 aliphatic rings. The van der Waals surface area contributed by atoms with Gasteiger partial charge in [0.2, 0.25) is 0 Å². The molecule has 1 aromatic rings. The summed E-state index contributed by atoms with van der Waals surface area (Å²) in [5, 5.41) is 4.45. The summed E-state index contributed by atoms with van der Waals surface area (Å²) in [6.07, 6.45) is 3.82. The number of hydrogen-bond acceptors (Lipinski definition) is 1. The van der Waals surface area contributed by atoms with Crippen molar-refractivity contribution in [3.8, 4) is 0 Å². The average Bonchev–Trinajstić information content (AvgIpc) is 2.23. The smallest absolute Gasteiger partial charge is 0.0406 e. The van der Waals surface area contributed by atoms with Crippen LogP contribution in [0.15, 0.2) is 24.3 Å². The van der Waals surface area contributed by atoms with Gasteiger partial charge in [0.1, 0.15) is 0 Å². The molecule has 0 radical (unpaired) electrons. The zero-order valence-electron chi connectivity index (χ0n) is 10.7. The highest BCUT2D eigenvalue weighted by molar-refractivity contribution is 6.30. The van der Waals surface area contributed by atoms with E-state index in [0.29, 0.717) is 0 Å². The van der Waals surface area contributed by atoms with Crippen molar-refractivity contribution in [1.82, 2.24) is 5.32 Å². The SMILES string of the molecule is CC(C)C1CC(NCCc2ccc(Cl)cc2)C1. The van der Waals surface area contributed by atoms with Crippen molar-refractivity contribution in [3.05, 3.63) is 34.9 Å². The van der Waals surface area contributed by atoms with E-state index in [9.17, 15) is 0 Å². The van der Waals surface area contributed by atoms with Crippen molar-refractivity contribution < 1.29 is 0 Å². The Morgan fingerprint density at radius 3 is 2.47 bits per heavy atom. The molecule has 0 unspecified atom stereocenters. The van der Waals surface area contributed by atoms with E-state index in [1.54, 1.807) is 0 Å². The van der Waals surface area contributed by atoms with Crippen LogP contribution in [0.5, 0.6) is 0 Å². The Morgan fingerprint density at radius 2 is 1.88 bits per heavy atom. The summed E-state index contributed by atoms with van der Waals surface area (Å²) in [5.41, 5.74) is 1.36. The van der Waals surface area contributed by atoms with Crippen LogP contribution >= 0.6 is 11.6 Å². The van der Waals surface area contributed by atoms with Gasteiger partial charge < -0.3 is 5.32 Å². The molecule has 2 heteroatoms. The first kappa shape index (κ1) is 12.9. The molecule has 1 aromatic carbocycles. The lowest BCUT2D eigenvalue weighted by molar-refractivity contribution is 0.169. The van der Waals surface area contributed by atoms with Crippen LogP contribution in [0.1, 0.15) is 32.3 Å². The van der Waals surface area contributed by atoms with Gasteiger partial charge in [0, 0.05) is 11.1 Å². The van der Waals surface area contributed by atoms with Gasteiger partial charge in [0.05, 0.1) is 0 Å². The molecule has 1 N–H and O–H groups in total. The van der Waals surface area contributed by atoms with Gasteiger partial charge in [-0.2, -0.15) is 0 Å². The summed E-state index contributed by atoms with van der Waals surface area (Å²) in [4.78, 5) is 0. The van der Waals surface area contributed by atoms with Gasteiger partial charge in [-0.15, -0.1) is 0 Å². The van der Waals surface area contributed by atoms with Crippen LogP contribution in [-0.4, -0.2) is 12.6 Å². The van der Waals surface area contributed by atoms with Gasteiger partial charge in [-0.05, 0) is 55.3 Å². The Morgan fingerprint density at radius 1 is 1.24 bits per heavy atom. The molecular weight excluding hydrogens is 230 g/mol. The molecule has 0 aliphatic heterocycles. The second-order valence-corrected chi connectivity index (χ2v) is 5.94. The van der Waals surface area contributed by atoms with Gasteiger partial charge >= 0.3 is 0 Å². The van der Waals surface area contributed by atoms with Crippen LogP contribution in [-0.2, 0) is 6.42 Å². The van der Waals surface area contributed by atoms with Crippen molar-refractivity contribution in [2.75, 3.05) is 6.54 Å². The Labute approximate surface area is 110 Å². The van der Waals surface area contributed by atoms with Crippen molar-refractivity contribution in [1.29, 1.82) is 0 Å². The van der Waals surface area contributed by atoms with Crippen LogP contribution < -0.4 is 5.32 Å². The molecule has 1 nitrogen and oxygen atoms in total. The van der Waals surface area contributed by atoms with Crippen molar-refractivity contribution in [2.45, 2.75) is 39.2 Å². The van der Waals surface area contributed by atoms with Crippen LogP contribution in [0.4, 0.5) is 0 Å². The Bertz CT molecular complexity index is 338. The van der Waals surface area contributed by atoms with E-state index < -0.39 is 0 Å². The first-order valence-corrected chi connectivity index (χ1v) is 7.01. The topological polar surface area (TPSA) is 12.0 Å². The maximum absolute atomic E-state index is 5.86. The highest BCUT2D eigenvalue weighted by Crippen LogP contribution is 2.33. The van der Waals surface area contributed by atoms with Crippen LogP contribution in [0, 0.1) is 11.8 Å². The highest BCUT2D eigenvalue weighted by Gasteiger charge is 2.30. The van der Waals surface area contributed by atoms with Gasteiger partial charge in [-0.3, -0.25) is 0 Å². The van der Waals surface area contributed by atoms with Crippen molar-refractivity contribution in [3.63, 3.8) is 0 Å². The minimum atomic E-state index is 0.759. The fourth-order valence-corrected chi connectivity index (χ4v) is 2.57. The average molecular weight is 252 g/mol. The van der Waals surface area contributed by atoms with E-state index in [0.717, 1.165) is 35.9 Å². The van der Waals surface area contributed by atoms with E-state index >= 15 is 0 Å². The minimum absolute atomic E-state index is 0.759. The number of hydrogen-bond donors (Lipinski definition) is 1. The van der Waals surface area contributed by atoms with Crippen LogP contribution in [0.25, 0.3) is 0 Å². The zero-order valence-corrected chi connectivity index (χ0v) is 11.5. The van der Waals surface area contributed by atoms with E-state index in [4.69, 9.17) is 11.6 Å². The molecule has 2 rings (SSSR count). The van der Waals surface area contributed by atoms with E-state index in [1.165, 1.54) is 18.4 Å². The lowest BCUT2D eigenvalue weighted by Crippen LogP contribution is -2.43. The molecule has 0 spiro atoms. The third kappa shape index (κ3) is 3.72. The molecule has 1 aliphatic carbocycles. The van der Waals surface area contributed by atoms with E-state index in [-0.39, 0.29) is 0 Å². The maximum atomic E-state index is 5.86. The second kappa shape index (κ2) is 5.88. The second-order valence-electron chi connectivity index (χ2n) is 5.50. The molecule has 1 saturated carbocycles. The molecular formula is C15H22ClN. The molecule has 0 aromatic heterocycles. The van der Waals surface area contributed by atoms with Crippen molar-refractivity contribution in [2.24, 2.45) is 11.8 Å². The lowest BCUT2D eigenvalue weighted by Gasteiger charge is -2.38. The highest BCUT2D eigenvalue weighted by atomic mass is 35.5. The van der Waals surface area contributed by atoms with E-state index in [2.05, 4.69) is 31.3 Å². The fourth-order valence-electron chi connectivity index (χ4n) is 2.44. The summed E-state index contributed by atoms with van der Waals surface area (Å²) in [7, 11) is 0. The molecule has 0 saturated heterocycles. The van der Waals surface area contributed by atoms with E-state index in [1.807, 2.05) is 12.1 Å². The summed E-state index contributed by atoms with van der Waals surface area (Å²) in [6, 6.07) is 8.92. The quantitative estimate of drug-likeness (QED) is 0.837. The monoisotopic (exact) mass is 251 g/mol. The molecule has 0 amide bonds. The molecule has 0 heterocycles. The molecule has 0 atom stereocenters. The number of rotatable bonds is 5. The number of benzene rings is 1. The Balaban J connectivity index is 1.63. The third-order valence-electron chi connectivity index (χ3n) is 3.88. The van der Waals surface area contributed by atoms with Crippen molar-refractivity contribution >= 4 is 11.6 Å². The maximum Gasteiger partial charge on any atom is 0.0406 e. The van der Waals surface area contributed by atoms with Gasteiger partial charge in [-0.25, -0.2) is 0 Å². The van der Waals surface area contributed by atoms with Crippen LogP contribution in [0.3, 0.4) is 0 Å². The first-order chi connectivity index (χ1) is 8.15. The standard InChI is InChI=1S/C15H22ClN/c1-11(2)13-9-15(10-13)17-8-7-12-3-5-14(16)6-4-12/h3-6,11,13,15,17H,7-10H2,1-2H3. The molecule has 94 valence electrons. The molecule has 17 heavy (non-hydrogen) atoms. The predicted molar refractivity (Wildman–Crippen MR) is 74.5 cm³/mol. The largest absolute Gasteiger partial charge is 0.314 e. The summed E-state index contributed by atoms with van der Waals surface area (Å²) in [5.74, 6) is 1.80. The summed E-state index contributed by atoms with van der Waals surface area (Å²) < 4.78 is 0. The lowest BCUT2D eigenvalue weighted by atomic mass is 9.73. The Kier molecular flexibility index (Phi) is 4.47. The predicted octanol–water partition coefficient (Wildman–Crippen LogP) is 3.91. The fraction of sp³-hybridized carbons (Fsp3) is 0.600. The normalized spacial score (nSPS) is 23.8. The third-order valence-corrected chi connectivity index (χ3v) is 4.13. The molecule has 0 bridgehead atoms. The van der Waals surface area contributed by atoms with Crippen LogP contribution in [0.2, 0.25) is 5.02 Å². The zero-order chi connectivity index (χ0) is 12.3. The summed E-state index contributed by atoms with van der Waals surface area (Å²) in [6.45, 7) is 5.74. The van der Waals surface area contributed by atoms with Gasteiger partial charge in [0.15, 0.2) is 0 Å². The number of halogens is 1. The van der Waals surface area contributed by atoms with Gasteiger partial charge in [-0.1, -0.05) is 37.6 Å².